The molecule has 1 aliphatic heterocycles. The number of methoxy groups -OCH3 is 1. The van der Waals surface area contributed by atoms with Crippen LogP contribution in [0.3, 0.4) is 0 Å². The largest absolute Gasteiger partial charge is 0.495 e. The lowest BCUT2D eigenvalue weighted by Crippen LogP contribution is -2.30. The summed E-state index contributed by atoms with van der Waals surface area (Å²) in [5.74, 6) is 1.05. The summed E-state index contributed by atoms with van der Waals surface area (Å²) in [4.78, 5) is 12.4. The Bertz CT molecular complexity index is 558. The second-order valence-corrected chi connectivity index (χ2v) is 5.83. The van der Waals surface area contributed by atoms with Crippen molar-refractivity contribution < 1.29 is 9.53 Å². The number of amides is 1. The van der Waals surface area contributed by atoms with Gasteiger partial charge in [-0.3, -0.25) is 4.79 Å². The van der Waals surface area contributed by atoms with Crippen molar-refractivity contribution in [3.8, 4) is 5.75 Å². The number of allylic oxidation sites excluding steroid dienone is 2. The molecular formula is C14H18N2O2S. The predicted molar refractivity (Wildman–Crippen MR) is 78.6 cm³/mol. The summed E-state index contributed by atoms with van der Waals surface area (Å²) in [6.45, 7) is 6.09. The van der Waals surface area contributed by atoms with Gasteiger partial charge in [0.2, 0.25) is 5.91 Å². The number of thiophene rings is 1. The monoisotopic (exact) mass is 278 g/mol. The standard InChI is InChI=1S/C14H18N2O2S/c1-8(11-7-19-10(3)14(11)18-4)5-12-9(2)6-13(17)16-15-12/h5,7,9H,6H2,1-4H3,(H,16,17). The van der Waals surface area contributed by atoms with Crippen molar-refractivity contribution in [2.75, 3.05) is 7.11 Å². The minimum absolute atomic E-state index is 0.0220. The number of aryl methyl sites for hydroxylation is 1. The van der Waals surface area contributed by atoms with E-state index < -0.39 is 0 Å². The summed E-state index contributed by atoms with van der Waals surface area (Å²) >= 11 is 1.67. The van der Waals surface area contributed by atoms with Crippen LogP contribution in [-0.2, 0) is 4.79 Å². The van der Waals surface area contributed by atoms with Gasteiger partial charge >= 0.3 is 0 Å². The molecule has 5 heteroatoms. The fourth-order valence-electron chi connectivity index (χ4n) is 2.11. The highest BCUT2D eigenvalue weighted by Gasteiger charge is 2.19. The van der Waals surface area contributed by atoms with Crippen LogP contribution in [0.1, 0.15) is 30.7 Å². The van der Waals surface area contributed by atoms with Gasteiger partial charge in [0.05, 0.1) is 12.8 Å². The Kier molecular flexibility index (Phi) is 4.04. The van der Waals surface area contributed by atoms with E-state index >= 15 is 0 Å². The van der Waals surface area contributed by atoms with Crippen LogP contribution in [0.4, 0.5) is 0 Å². The number of hydrazone groups is 1. The highest BCUT2D eigenvalue weighted by Crippen LogP contribution is 2.34. The normalized spacial score (nSPS) is 20.0. The van der Waals surface area contributed by atoms with E-state index in [9.17, 15) is 4.79 Å². The van der Waals surface area contributed by atoms with Gasteiger partial charge in [0, 0.05) is 28.2 Å². The van der Waals surface area contributed by atoms with Crippen molar-refractivity contribution in [3.63, 3.8) is 0 Å². The van der Waals surface area contributed by atoms with Crippen LogP contribution >= 0.6 is 11.3 Å². The number of nitrogens with zero attached hydrogens (tertiary/aromatic N) is 1. The van der Waals surface area contributed by atoms with E-state index in [2.05, 4.69) is 15.9 Å². The summed E-state index contributed by atoms with van der Waals surface area (Å²) in [6, 6.07) is 0. The van der Waals surface area contributed by atoms with Gasteiger partial charge in [0.1, 0.15) is 5.75 Å². The quantitative estimate of drug-likeness (QED) is 0.924. The predicted octanol–water partition coefficient (Wildman–Crippen LogP) is 2.98. The minimum atomic E-state index is -0.0220. The minimum Gasteiger partial charge on any atom is -0.495 e. The zero-order valence-corrected chi connectivity index (χ0v) is 12.4. The van der Waals surface area contributed by atoms with Crippen LogP contribution in [0.2, 0.25) is 0 Å². The number of hydrogen-bond acceptors (Lipinski definition) is 4. The average Bonchev–Trinajstić information content (AvgIpc) is 2.74. The highest BCUT2D eigenvalue weighted by atomic mass is 32.1. The van der Waals surface area contributed by atoms with Gasteiger partial charge in [-0.05, 0) is 25.5 Å². The van der Waals surface area contributed by atoms with Gasteiger partial charge < -0.3 is 4.74 Å². The maximum Gasteiger partial charge on any atom is 0.240 e. The van der Waals surface area contributed by atoms with Crippen molar-refractivity contribution in [1.82, 2.24) is 5.43 Å². The van der Waals surface area contributed by atoms with Crippen LogP contribution in [0, 0.1) is 12.8 Å². The van der Waals surface area contributed by atoms with Gasteiger partial charge in [-0.15, -0.1) is 11.3 Å². The van der Waals surface area contributed by atoms with E-state index in [1.165, 1.54) is 0 Å². The molecule has 0 spiro atoms. The Morgan fingerprint density at radius 3 is 3.00 bits per heavy atom. The summed E-state index contributed by atoms with van der Waals surface area (Å²) in [7, 11) is 1.69. The molecule has 0 fully saturated rings. The van der Waals surface area contributed by atoms with Crippen LogP contribution < -0.4 is 10.2 Å². The zero-order chi connectivity index (χ0) is 14.0. The Morgan fingerprint density at radius 2 is 2.37 bits per heavy atom. The molecule has 4 nitrogen and oxygen atoms in total. The molecule has 19 heavy (non-hydrogen) atoms. The molecule has 1 amide bonds. The summed E-state index contributed by atoms with van der Waals surface area (Å²) in [6.07, 6.45) is 2.51. The third-order valence-corrected chi connectivity index (χ3v) is 4.11. The molecule has 1 unspecified atom stereocenters. The molecule has 0 radical (unpaired) electrons. The SMILES string of the molecule is COc1c(C(C)=CC2=NNC(=O)CC2C)csc1C. The molecule has 0 aliphatic carbocycles. The highest BCUT2D eigenvalue weighted by molar-refractivity contribution is 7.10. The first kappa shape index (κ1) is 13.8. The maximum atomic E-state index is 11.2. The van der Waals surface area contributed by atoms with Gasteiger partial charge in [-0.25, -0.2) is 5.43 Å². The van der Waals surface area contributed by atoms with Crippen LogP contribution in [0.25, 0.3) is 5.57 Å². The third-order valence-electron chi connectivity index (χ3n) is 3.22. The molecule has 2 heterocycles. The molecule has 0 aromatic carbocycles. The van der Waals surface area contributed by atoms with Gasteiger partial charge in [-0.1, -0.05) is 6.92 Å². The van der Waals surface area contributed by atoms with E-state index in [-0.39, 0.29) is 11.8 Å². The molecule has 0 saturated carbocycles. The fraction of sp³-hybridized carbons (Fsp3) is 0.429. The maximum absolute atomic E-state index is 11.2. The van der Waals surface area contributed by atoms with Crippen molar-refractivity contribution in [3.05, 3.63) is 21.9 Å². The Labute approximate surface area is 117 Å². The second kappa shape index (κ2) is 5.57. The molecule has 1 atom stereocenters. The first-order valence-electron chi connectivity index (χ1n) is 6.20. The molecule has 102 valence electrons. The van der Waals surface area contributed by atoms with E-state index in [0.29, 0.717) is 6.42 Å². The van der Waals surface area contributed by atoms with Crippen LogP contribution in [0.5, 0.6) is 5.75 Å². The number of rotatable bonds is 3. The first-order valence-corrected chi connectivity index (χ1v) is 7.08. The number of carbonyl (C=O) groups is 1. The Balaban J connectivity index is 2.30. The Hall–Kier alpha value is -1.62. The molecule has 1 aromatic rings. The number of ether oxygens (including phenoxy) is 1. The van der Waals surface area contributed by atoms with E-state index in [4.69, 9.17) is 4.74 Å². The van der Waals surface area contributed by atoms with Crippen molar-refractivity contribution in [2.45, 2.75) is 27.2 Å². The zero-order valence-electron chi connectivity index (χ0n) is 11.6. The Morgan fingerprint density at radius 1 is 1.63 bits per heavy atom. The second-order valence-electron chi connectivity index (χ2n) is 4.74. The van der Waals surface area contributed by atoms with Crippen molar-refractivity contribution in [1.29, 1.82) is 0 Å². The first-order chi connectivity index (χ1) is 9.02. The molecule has 1 aliphatic rings. The number of hydrogen-bond donors (Lipinski definition) is 1. The van der Waals surface area contributed by atoms with Crippen molar-refractivity contribution in [2.24, 2.45) is 11.0 Å². The third kappa shape index (κ3) is 2.87. The molecule has 0 bridgehead atoms. The molecule has 1 aromatic heterocycles. The molecular weight excluding hydrogens is 260 g/mol. The van der Waals surface area contributed by atoms with Crippen LogP contribution in [-0.4, -0.2) is 18.7 Å². The number of carbonyl (C=O) groups excluding carboxylic acids is 1. The lowest BCUT2D eigenvalue weighted by molar-refractivity contribution is -0.121. The van der Waals surface area contributed by atoms with E-state index in [0.717, 1.165) is 27.5 Å². The van der Waals surface area contributed by atoms with Gasteiger partial charge in [0.15, 0.2) is 0 Å². The molecule has 0 saturated heterocycles. The fourth-order valence-corrected chi connectivity index (χ4v) is 3.00. The van der Waals surface area contributed by atoms with Gasteiger partial charge in [-0.2, -0.15) is 5.10 Å². The van der Waals surface area contributed by atoms with E-state index in [1.807, 2.05) is 26.8 Å². The average molecular weight is 278 g/mol. The summed E-state index contributed by atoms with van der Waals surface area (Å²) in [5.41, 5.74) is 5.63. The van der Waals surface area contributed by atoms with Gasteiger partial charge in [0.25, 0.3) is 0 Å². The van der Waals surface area contributed by atoms with Crippen LogP contribution in [0.15, 0.2) is 16.6 Å². The topological polar surface area (TPSA) is 50.7 Å². The molecule has 2 rings (SSSR count). The summed E-state index contributed by atoms with van der Waals surface area (Å²) in [5, 5.41) is 6.21. The van der Waals surface area contributed by atoms with E-state index in [1.54, 1.807) is 18.4 Å². The van der Waals surface area contributed by atoms with Crippen molar-refractivity contribution >= 4 is 28.5 Å². The lowest BCUT2D eigenvalue weighted by atomic mass is 9.97. The molecule has 1 N–H and O–H groups in total. The summed E-state index contributed by atoms with van der Waals surface area (Å²) < 4.78 is 5.43. The number of nitrogens with one attached hydrogen (secondary N) is 1. The lowest BCUT2D eigenvalue weighted by Gasteiger charge is -2.17. The smallest absolute Gasteiger partial charge is 0.240 e.